The Kier molecular flexibility index (Phi) is 6.09. The van der Waals surface area contributed by atoms with Crippen LogP contribution in [0.3, 0.4) is 0 Å². The fourth-order valence-electron chi connectivity index (χ4n) is 4.43. The van der Waals surface area contributed by atoms with Crippen LogP contribution in [0.15, 0.2) is 28.7 Å². The fraction of sp³-hybridized carbons (Fsp3) is 0.545. The van der Waals surface area contributed by atoms with E-state index in [1.54, 1.807) is 12.1 Å². The van der Waals surface area contributed by atoms with Crippen molar-refractivity contribution in [1.82, 2.24) is 9.88 Å². The highest BCUT2D eigenvalue weighted by Gasteiger charge is 2.29. The van der Waals surface area contributed by atoms with E-state index in [1.807, 2.05) is 12.1 Å². The van der Waals surface area contributed by atoms with Crippen molar-refractivity contribution in [2.45, 2.75) is 38.9 Å². The Bertz CT molecular complexity index is 858. The summed E-state index contributed by atoms with van der Waals surface area (Å²) in [6.45, 7) is 9.19. The number of hydrogen-bond acceptors (Lipinski definition) is 6. The maximum atomic E-state index is 9.53. The molecule has 0 saturated carbocycles. The SMILES string of the molecule is CC1CN(CC2CCN(c3oc(-c4ccc(Cl)cc4)nc3C#N)CC2)CC(C)O1. The largest absolute Gasteiger partial charge is 0.419 e. The zero-order valence-electron chi connectivity index (χ0n) is 17.0. The van der Waals surface area contributed by atoms with Crippen molar-refractivity contribution in [3.63, 3.8) is 0 Å². The van der Waals surface area contributed by atoms with E-state index in [1.165, 1.54) is 0 Å². The Balaban J connectivity index is 1.39. The Hall–Kier alpha value is -2.07. The lowest BCUT2D eigenvalue weighted by Gasteiger charge is -2.39. The highest BCUT2D eigenvalue weighted by atomic mass is 35.5. The molecule has 1 aromatic heterocycles. The van der Waals surface area contributed by atoms with E-state index in [2.05, 4.69) is 34.7 Å². The van der Waals surface area contributed by atoms with E-state index in [9.17, 15) is 5.26 Å². The van der Waals surface area contributed by atoms with Crippen molar-refractivity contribution in [2.75, 3.05) is 37.6 Å². The molecule has 0 radical (unpaired) electrons. The number of piperidine rings is 1. The number of anilines is 1. The fourth-order valence-corrected chi connectivity index (χ4v) is 4.56. The minimum atomic E-state index is 0.303. The summed E-state index contributed by atoms with van der Waals surface area (Å²) in [6.07, 6.45) is 2.78. The quantitative estimate of drug-likeness (QED) is 0.747. The maximum absolute atomic E-state index is 9.53. The lowest BCUT2D eigenvalue weighted by molar-refractivity contribution is -0.0720. The average Bonchev–Trinajstić information content (AvgIpc) is 3.13. The van der Waals surface area contributed by atoms with Gasteiger partial charge in [0.25, 0.3) is 0 Å². The van der Waals surface area contributed by atoms with Gasteiger partial charge in [-0.2, -0.15) is 10.2 Å². The van der Waals surface area contributed by atoms with Gasteiger partial charge >= 0.3 is 0 Å². The molecule has 2 aromatic rings. The van der Waals surface area contributed by atoms with E-state index in [0.717, 1.165) is 51.1 Å². The molecule has 0 N–H and O–H groups in total. The van der Waals surface area contributed by atoms with Gasteiger partial charge in [0.2, 0.25) is 17.5 Å². The Morgan fingerprint density at radius 1 is 1.14 bits per heavy atom. The molecule has 154 valence electrons. The van der Waals surface area contributed by atoms with Crippen molar-refractivity contribution < 1.29 is 9.15 Å². The molecule has 6 nitrogen and oxygen atoms in total. The predicted octanol–water partition coefficient (Wildman–Crippen LogP) is 4.19. The zero-order valence-corrected chi connectivity index (χ0v) is 17.7. The third-order valence-corrected chi connectivity index (χ3v) is 5.97. The molecule has 2 unspecified atom stereocenters. The Morgan fingerprint density at radius 2 is 1.79 bits per heavy atom. The molecule has 2 saturated heterocycles. The second-order valence-corrected chi connectivity index (χ2v) is 8.63. The molecule has 2 aliphatic heterocycles. The number of nitriles is 1. The number of oxazole rings is 1. The predicted molar refractivity (Wildman–Crippen MR) is 113 cm³/mol. The van der Waals surface area contributed by atoms with Crippen LogP contribution in [0, 0.1) is 17.2 Å². The molecule has 2 aliphatic rings. The van der Waals surface area contributed by atoms with E-state index < -0.39 is 0 Å². The number of benzene rings is 1. The minimum absolute atomic E-state index is 0.303. The zero-order chi connectivity index (χ0) is 20.4. The van der Waals surface area contributed by atoms with Crippen LogP contribution in [0.25, 0.3) is 11.5 Å². The highest BCUT2D eigenvalue weighted by molar-refractivity contribution is 6.30. The molecular formula is C22H27ClN4O2. The first-order valence-corrected chi connectivity index (χ1v) is 10.7. The first kappa shape index (κ1) is 20.2. The molecule has 2 fully saturated rings. The summed E-state index contributed by atoms with van der Waals surface area (Å²) in [7, 11) is 0. The van der Waals surface area contributed by atoms with Gasteiger partial charge in [0.1, 0.15) is 6.07 Å². The van der Waals surface area contributed by atoms with Crippen molar-refractivity contribution in [3.05, 3.63) is 35.0 Å². The first-order chi connectivity index (χ1) is 14.0. The monoisotopic (exact) mass is 414 g/mol. The van der Waals surface area contributed by atoms with Crippen LogP contribution in [0.2, 0.25) is 5.02 Å². The van der Waals surface area contributed by atoms with E-state index in [-0.39, 0.29) is 0 Å². The molecule has 1 aromatic carbocycles. The third-order valence-electron chi connectivity index (χ3n) is 5.72. The first-order valence-electron chi connectivity index (χ1n) is 10.3. The van der Waals surface area contributed by atoms with Crippen molar-refractivity contribution in [2.24, 2.45) is 5.92 Å². The molecule has 0 bridgehead atoms. The molecule has 4 rings (SSSR count). The van der Waals surface area contributed by atoms with Gasteiger partial charge in [0, 0.05) is 43.3 Å². The van der Waals surface area contributed by atoms with Crippen LogP contribution in [-0.2, 0) is 4.74 Å². The van der Waals surface area contributed by atoms with Crippen LogP contribution in [0.4, 0.5) is 5.88 Å². The third kappa shape index (κ3) is 4.75. The second-order valence-electron chi connectivity index (χ2n) is 8.20. The smallest absolute Gasteiger partial charge is 0.235 e. The normalized spacial score (nSPS) is 23.9. The summed E-state index contributed by atoms with van der Waals surface area (Å²) in [5, 5.41) is 10.2. The minimum Gasteiger partial charge on any atom is -0.419 e. The van der Waals surface area contributed by atoms with Crippen molar-refractivity contribution in [1.29, 1.82) is 5.26 Å². The summed E-state index contributed by atoms with van der Waals surface area (Å²) >= 11 is 5.96. The molecule has 2 atom stereocenters. The van der Waals surface area contributed by atoms with Gasteiger partial charge in [0.05, 0.1) is 12.2 Å². The number of ether oxygens (including phenoxy) is 1. The number of nitrogens with zero attached hydrogens (tertiary/aromatic N) is 4. The Morgan fingerprint density at radius 3 is 2.41 bits per heavy atom. The summed E-state index contributed by atoms with van der Waals surface area (Å²) in [5.41, 5.74) is 1.17. The van der Waals surface area contributed by atoms with E-state index in [0.29, 0.717) is 40.6 Å². The summed E-state index contributed by atoms with van der Waals surface area (Å²) < 4.78 is 11.9. The van der Waals surface area contributed by atoms with Crippen LogP contribution >= 0.6 is 11.6 Å². The van der Waals surface area contributed by atoms with Gasteiger partial charge in [-0.3, -0.25) is 4.90 Å². The van der Waals surface area contributed by atoms with Gasteiger partial charge in [-0.05, 0) is 56.9 Å². The van der Waals surface area contributed by atoms with Crippen molar-refractivity contribution in [3.8, 4) is 17.5 Å². The van der Waals surface area contributed by atoms with Crippen LogP contribution in [0.1, 0.15) is 32.4 Å². The molecule has 0 amide bonds. The number of hydrogen-bond donors (Lipinski definition) is 0. The molecule has 0 spiro atoms. The number of morpholine rings is 1. The van der Waals surface area contributed by atoms with Crippen LogP contribution in [-0.4, -0.2) is 54.8 Å². The molecule has 29 heavy (non-hydrogen) atoms. The number of halogens is 1. The van der Waals surface area contributed by atoms with E-state index >= 15 is 0 Å². The number of aromatic nitrogens is 1. The highest BCUT2D eigenvalue weighted by Crippen LogP contribution is 2.32. The summed E-state index contributed by atoms with van der Waals surface area (Å²) in [6, 6.07) is 9.49. The molecule has 0 aliphatic carbocycles. The van der Waals surface area contributed by atoms with Crippen LogP contribution < -0.4 is 4.90 Å². The molecule has 7 heteroatoms. The van der Waals surface area contributed by atoms with Crippen molar-refractivity contribution >= 4 is 17.5 Å². The number of rotatable bonds is 4. The maximum Gasteiger partial charge on any atom is 0.235 e. The summed E-state index contributed by atoms with van der Waals surface area (Å²) in [5.74, 6) is 1.71. The lowest BCUT2D eigenvalue weighted by Crippen LogP contribution is -2.48. The summed E-state index contributed by atoms with van der Waals surface area (Å²) in [4.78, 5) is 9.09. The van der Waals surface area contributed by atoms with E-state index in [4.69, 9.17) is 20.8 Å². The second kappa shape index (κ2) is 8.74. The Labute approximate surface area is 177 Å². The van der Waals surface area contributed by atoms with Crippen LogP contribution in [0.5, 0.6) is 0 Å². The van der Waals surface area contributed by atoms with Gasteiger partial charge in [-0.25, -0.2) is 0 Å². The van der Waals surface area contributed by atoms with Gasteiger partial charge in [-0.1, -0.05) is 11.6 Å². The molecule has 3 heterocycles. The lowest BCUT2D eigenvalue weighted by atomic mass is 9.95. The average molecular weight is 415 g/mol. The topological polar surface area (TPSA) is 65.5 Å². The standard InChI is InChI=1S/C22H27ClN4O2/c1-15-12-26(13-16(2)28-15)14-17-7-9-27(10-8-17)22-20(11-24)25-21(29-22)18-3-5-19(23)6-4-18/h3-6,15-17H,7-10,12-14H2,1-2H3. The molecular weight excluding hydrogens is 388 g/mol. The van der Waals surface area contributed by atoms with Gasteiger partial charge < -0.3 is 14.1 Å². The van der Waals surface area contributed by atoms with Gasteiger partial charge in [-0.15, -0.1) is 0 Å². The van der Waals surface area contributed by atoms with Gasteiger partial charge in [0.15, 0.2) is 0 Å².